The number of carbonyl (C=O) groups excluding carboxylic acids is 2. The molecule has 0 atom stereocenters. The summed E-state index contributed by atoms with van der Waals surface area (Å²) in [6.07, 6.45) is 1.37. The van der Waals surface area contributed by atoms with Gasteiger partial charge in [0.05, 0.1) is 17.2 Å². The SMILES string of the molecule is CCCC(=O)N1CCN(C(=O)c2c(Cl)ccc(Cl)c2OC)CC1. The van der Waals surface area contributed by atoms with E-state index in [4.69, 9.17) is 27.9 Å². The highest BCUT2D eigenvalue weighted by Gasteiger charge is 2.28. The summed E-state index contributed by atoms with van der Waals surface area (Å²) >= 11 is 12.2. The molecule has 126 valence electrons. The van der Waals surface area contributed by atoms with Crippen LogP contribution in [0.15, 0.2) is 12.1 Å². The fourth-order valence-electron chi connectivity index (χ4n) is 2.62. The Morgan fingerprint density at radius 3 is 2.22 bits per heavy atom. The largest absolute Gasteiger partial charge is 0.494 e. The van der Waals surface area contributed by atoms with Crippen molar-refractivity contribution in [3.05, 3.63) is 27.7 Å². The van der Waals surface area contributed by atoms with Crippen molar-refractivity contribution < 1.29 is 14.3 Å². The molecular weight excluding hydrogens is 339 g/mol. The van der Waals surface area contributed by atoms with Crippen LogP contribution in [0.2, 0.25) is 10.0 Å². The van der Waals surface area contributed by atoms with Gasteiger partial charge in [0.1, 0.15) is 5.56 Å². The number of rotatable bonds is 4. The van der Waals surface area contributed by atoms with Gasteiger partial charge in [-0.2, -0.15) is 0 Å². The summed E-state index contributed by atoms with van der Waals surface area (Å²) in [6.45, 7) is 3.99. The van der Waals surface area contributed by atoms with Gasteiger partial charge in [-0.3, -0.25) is 9.59 Å². The second kappa shape index (κ2) is 7.88. The normalized spacial score (nSPS) is 14.8. The summed E-state index contributed by atoms with van der Waals surface area (Å²) in [7, 11) is 1.45. The number of carbonyl (C=O) groups is 2. The van der Waals surface area contributed by atoms with Crippen LogP contribution in [0.4, 0.5) is 0 Å². The number of amides is 2. The van der Waals surface area contributed by atoms with E-state index in [1.54, 1.807) is 21.9 Å². The zero-order valence-electron chi connectivity index (χ0n) is 13.3. The number of halogens is 2. The number of nitrogens with zero attached hydrogens (tertiary/aromatic N) is 2. The standard InChI is InChI=1S/C16H20Cl2N2O3/c1-3-4-13(21)19-7-9-20(10-8-19)16(22)14-11(17)5-6-12(18)15(14)23-2/h5-6H,3-4,7-10H2,1-2H3. The fraction of sp³-hybridized carbons (Fsp3) is 0.500. The van der Waals surface area contributed by atoms with Gasteiger partial charge in [-0.1, -0.05) is 30.1 Å². The third-order valence-corrected chi connectivity index (χ3v) is 4.47. The van der Waals surface area contributed by atoms with E-state index in [1.165, 1.54) is 7.11 Å². The summed E-state index contributed by atoms with van der Waals surface area (Å²) < 4.78 is 5.23. The lowest BCUT2D eigenvalue weighted by atomic mass is 10.1. The Morgan fingerprint density at radius 2 is 1.65 bits per heavy atom. The van der Waals surface area contributed by atoms with Gasteiger partial charge in [0, 0.05) is 32.6 Å². The molecule has 2 rings (SSSR count). The molecule has 0 spiro atoms. The van der Waals surface area contributed by atoms with Crippen LogP contribution in [0.1, 0.15) is 30.1 Å². The molecule has 0 aromatic heterocycles. The first kappa shape index (κ1) is 17.9. The Balaban J connectivity index is 2.12. The molecule has 7 heteroatoms. The predicted octanol–water partition coefficient (Wildman–Crippen LogP) is 3.09. The lowest BCUT2D eigenvalue weighted by Crippen LogP contribution is -2.50. The van der Waals surface area contributed by atoms with E-state index in [0.29, 0.717) is 42.6 Å². The maximum absolute atomic E-state index is 12.8. The van der Waals surface area contributed by atoms with Crippen LogP contribution in [0, 0.1) is 0 Å². The van der Waals surface area contributed by atoms with Gasteiger partial charge in [-0.05, 0) is 18.6 Å². The summed E-state index contributed by atoms with van der Waals surface area (Å²) in [6, 6.07) is 3.18. The molecule has 0 saturated carbocycles. The van der Waals surface area contributed by atoms with E-state index in [1.807, 2.05) is 6.92 Å². The monoisotopic (exact) mass is 358 g/mol. The van der Waals surface area contributed by atoms with Crippen LogP contribution in [0.25, 0.3) is 0 Å². The number of benzene rings is 1. The number of hydrogen-bond acceptors (Lipinski definition) is 3. The van der Waals surface area contributed by atoms with Gasteiger partial charge in [0.15, 0.2) is 5.75 Å². The Hall–Kier alpha value is -1.46. The van der Waals surface area contributed by atoms with Crippen LogP contribution in [0.5, 0.6) is 5.75 Å². The van der Waals surface area contributed by atoms with E-state index in [0.717, 1.165) is 6.42 Å². The molecule has 1 aromatic rings. The zero-order chi connectivity index (χ0) is 17.0. The number of methoxy groups -OCH3 is 1. The van der Waals surface area contributed by atoms with Gasteiger partial charge < -0.3 is 14.5 Å². The lowest BCUT2D eigenvalue weighted by molar-refractivity contribution is -0.132. The molecule has 1 aliphatic heterocycles. The Morgan fingerprint density at radius 1 is 1.09 bits per heavy atom. The van der Waals surface area contributed by atoms with Crippen molar-refractivity contribution in [1.82, 2.24) is 9.80 Å². The quantitative estimate of drug-likeness (QED) is 0.830. The van der Waals surface area contributed by atoms with Crippen molar-refractivity contribution in [2.24, 2.45) is 0 Å². The van der Waals surface area contributed by atoms with Gasteiger partial charge in [0.25, 0.3) is 5.91 Å². The number of piperazine rings is 1. The van der Waals surface area contributed by atoms with E-state index in [-0.39, 0.29) is 23.1 Å². The first-order valence-corrected chi connectivity index (χ1v) is 8.34. The number of ether oxygens (including phenoxy) is 1. The molecule has 0 N–H and O–H groups in total. The molecule has 1 aliphatic rings. The summed E-state index contributed by atoms with van der Waals surface area (Å²) in [5, 5.41) is 0.651. The Labute approximate surface area is 146 Å². The topological polar surface area (TPSA) is 49.9 Å². The highest BCUT2D eigenvalue weighted by Crippen LogP contribution is 2.34. The smallest absolute Gasteiger partial charge is 0.259 e. The van der Waals surface area contributed by atoms with E-state index < -0.39 is 0 Å². The molecular formula is C16H20Cl2N2O3. The minimum atomic E-state index is -0.225. The van der Waals surface area contributed by atoms with Crippen LogP contribution < -0.4 is 4.74 Å². The van der Waals surface area contributed by atoms with Gasteiger partial charge >= 0.3 is 0 Å². The Bertz CT molecular complexity index is 599. The van der Waals surface area contributed by atoms with E-state index >= 15 is 0 Å². The summed E-state index contributed by atoms with van der Waals surface area (Å²) in [5.74, 6) is 0.198. The molecule has 0 bridgehead atoms. The van der Waals surface area contributed by atoms with Crippen LogP contribution in [0.3, 0.4) is 0 Å². The second-order valence-electron chi connectivity index (χ2n) is 5.36. The summed E-state index contributed by atoms with van der Waals surface area (Å²) in [4.78, 5) is 28.1. The molecule has 0 radical (unpaired) electrons. The van der Waals surface area contributed by atoms with Crippen molar-refractivity contribution in [1.29, 1.82) is 0 Å². The van der Waals surface area contributed by atoms with E-state index in [2.05, 4.69) is 0 Å². The van der Waals surface area contributed by atoms with Crippen LogP contribution >= 0.6 is 23.2 Å². The molecule has 2 amide bonds. The first-order valence-electron chi connectivity index (χ1n) is 7.58. The molecule has 1 heterocycles. The average Bonchev–Trinajstić information content (AvgIpc) is 2.56. The third kappa shape index (κ3) is 3.90. The van der Waals surface area contributed by atoms with Crippen molar-refractivity contribution in [3.8, 4) is 5.75 Å². The maximum Gasteiger partial charge on any atom is 0.259 e. The van der Waals surface area contributed by atoms with Crippen molar-refractivity contribution in [2.45, 2.75) is 19.8 Å². The Kier molecular flexibility index (Phi) is 6.13. The van der Waals surface area contributed by atoms with E-state index in [9.17, 15) is 9.59 Å². The summed E-state index contributed by atoms with van der Waals surface area (Å²) in [5.41, 5.74) is 0.273. The predicted molar refractivity (Wildman–Crippen MR) is 90.4 cm³/mol. The second-order valence-corrected chi connectivity index (χ2v) is 6.17. The lowest BCUT2D eigenvalue weighted by Gasteiger charge is -2.35. The van der Waals surface area contributed by atoms with Crippen LogP contribution in [-0.2, 0) is 4.79 Å². The molecule has 23 heavy (non-hydrogen) atoms. The van der Waals surface area contributed by atoms with Crippen molar-refractivity contribution in [2.75, 3.05) is 33.3 Å². The van der Waals surface area contributed by atoms with Gasteiger partial charge in [0.2, 0.25) is 5.91 Å². The average molecular weight is 359 g/mol. The minimum Gasteiger partial charge on any atom is -0.494 e. The fourth-order valence-corrected chi connectivity index (χ4v) is 3.09. The molecule has 5 nitrogen and oxygen atoms in total. The maximum atomic E-state index is 12.8. The third-order valence-electron chi connectivity index (χ3n) is 3.86. The first-order chi connectivity index (χ1) is 11.0. The molecule has 1 fully saturated rings. The van der Waals surface area contributed by atoms with Crippen LogP contribution in [-0.4, -0.2) is 54.9 Å². The molecule has 1 saturated heterocycles. The van der Waals surface area contributed by atoms with Gasteiger partial charge in [-0.25, -0.2) is 0 Å². The van der Waals surface area contributed by atoms with Gasteiger partial charge in [-0.15, -0.1) is 0 Å². The molecule has 0 aliphatic carbocycles. The minimum absolute atomic E-state index is 0.137. The van der Waals surface area contributed by atoms with Crippen molar-refractivity contribution in [3.63, 3.8) is 0 Å². The molecule has 0 unspecified atom stereocenters. The zero-order valence-corrected chi connectivity index (χ0v) is 14.8. The van der Waals surface area contributed by atoms with Crippen molar-refractivity contribution >= 4 is 35.0 Å². The highest BCUT2D eigenvalue weighted by molar-refractivity contribution is 6.37. The highest BCUT2D eigenvalue weighted by atomic mass is 35.5. The molecule has 1 aromatic carbocycles. The number of hydrogen-bond donors (Lipinski definition) is 0.